The predicted octanol–water partition coefficient (Wildman–Crippen LogP) is 1.69. The molecule has 0 aliphatic carbocycles. The summed E-state index contributed by atoms with van der Waals surface area (Å²) in [5.41, 5.74) is 2.02. The lowest BCUT2D eigenvalue weighted by Crippen LogP contribution is -2.35. The number of aliphatic hydroxyl groups excluding tert-OH is 1. The topological polar surface area (TPSA) is 47.3 Å². The lowest BCUT2D eigenvalue weighted by molar-refractivity contribution is -0.0567. The van der Waals surface area contributed by atoms with Gasteiger partial charge in [-0.1, -0.05) is 13.8 Å². The van der Waals surface area contributed by atoms with Gasteiger partial charge in [0.05, 0.1) is 17.9 Å². The summed E-state index contributed by atoms with van der Waals surface area (Å²) in [6.45, 7) is 8.68. The van der Waals surface area contributed by atoms with Gasteiger partial charge in [0.1, 0.15) is 0 Å². The number of aryl methyl sites for hydroxylation is 2. The normalized spacial score (nSPS) is 15.2. The summed E-state index contributed by atoms with van der Waals surface area (Å²) in [6.07, 6.45) is -0.0137. The number of aliphatic hydroxyl groups is 1. The highest BCUT2D eigenvalue weighted by molar-refractivity contribution is 5.10. The minimum Gasteiger partial charge on any atom is -0.390 e. The third kappa shape index (κ3) is 3.82. The second kappa shape index (κ2) is 6.17. The molecule has 98 valence electrons. The zero-order chi connectivity index (χ0) is 13.0. The van der Waals surface area contributed by atoms with Gasteiger partial charge in [0.15, 0.2) is 0 Å². The molecule has 2 atom stereocenters. The van der Waals surface area contributed by atoms with Crippen LogP contribution in [0.1, 0.15) is 32.2 Å². The average molecular weight is 240 g/mol. The standard InChI is InChI=1S/C13H24N2O2/c1-6-17-13(9(2)3)12(16)8-11-7-10(4)14-15(11)5/h7,9,12-13,16H,6,8H2,1-5H3. The van der Waals surface area contributed by atoms with Gasteiger partial charge in [-0.15, -0.1) is 0 Å². The first-order chi connectivity index (χ1) is 7.95. The number of hydrogen-bond donors (Lipinski definition) is 1. The van der Waals surface area contributed by atoms with E-state index >= 15 is 0 Å². The minimum absolute atomic E-state index is 0.116. The van der Waals surface area contributed by atoms with Gasteiger partial charge in [0.25, 0.3) is 0 Å². The first-order valence-electron chi connectivity index (χ1n) is 6.24. The number of rotatable bonds is 6. The van der Waals surface area contributed by atoms with Crippen LogP contribution in [0, 0.1) is 12.8 Å². The maximum absolute atomic E-state index is 10.2. The van der Waals surface area contributed by atoms with E-state index in [1.807, 2.05) is 31.6 Å². The van der Waals surface area contributed by atoms with Crippen molar-refractivity contribution in [2.45, 2.75) is 46.3 Å². The van der Waals surface area contributed by atoms with Crippen molar-refractivity contribution in [3.63, 3.8) is 0 Å². The van der Waals surface area contributed by atoms with Crippen molar-refractivity contribution >= 4 is 0 Å². The summed E-state index contributed by atoms with van der Waals surface area (Å²) in [5, 5.41) is 14.5. The van der Waals surface area contributed by atoms with Crippen molar-refractivity contribution in [1.82, 2.24) is 9.78 Å². The third-order valence-corrected chi connectivity index (χ3v) is 2.91. The maximum atomic E-state index is 10.2. The molecule has 0 amide bonds. The number of nitrogens with zero attached hydrogens (tertiary/aromatic N) is 2. The van der Waals surface area contributed by atoms with Crippen LogP contribution in [0.5, 0.6) is 0 Å². The van der Waals surface area contributed by atoms with Crippen LogP contribution in [0.3, 0.4) is 0 Å². The van der Waals surface area contributed by atoms with Crippen LogP contribution in [0.4, 0.5) is 0 Å². The molecule has 0 saturated heterocycles. The molecule has 1 N–H and O–H groups in total. The second-order valence-corrected chi connectivity index (χ2v) is 4.84. The van der Waals surface area contributed by atoms with Gasteiger partial charge < -0.3 is 9.84 Å². The second-order valence-electron chi connectivity index (χ2n) is 4.84. The zero-order valence-electron chi connectivity index (χ0n) is 11.5. The van der Waals surface area contributed by atoms with E-state index in [4.69, 9.17) is 4.74 Å². The van der Waals surface area contributed by atoms with Gasteiger partial charge in [-0.25, -0.2) is 0 Å². The quantitative estimate of drug-likeness (QED) is 0.823. The molecular weight excluding hydrogens is 216 g/mol. The Morgan fingerprint density at radius 2 is 2.12 bits per heavy atom. The Morgan fingerprint density at radius 1 is 1.47 bits per heavy atom. The number of aromatic nitrogens is 2. The SMILES string of the molecule is CCOC(C(C)C)C(O)Cc1cc(C)nn1C. The molecule has 1 aromatic heterocycles. The van der Waals surface area contributed by atoms with E-state index in [-0.39, 0.29) is 6.10 Å². The Kier molecular flexibility index (Phi) is 5.15. The van der Waals surface area contributed by atoms with Crippen LogP contribution < -0.4 is 0 Å². The van der Waals surface area contributed by atoms with Crippen molar-refractivity contribution in [2.75, 3.05) is 6.61 Å². The van der Waals surface area contributed by atoms with Gasteiger partial charge in [-0.2, -0.15) is 5.10 Å². The molecule has 2 unspecified atom stereocenters. The third-order valence-electron chi connectivity index (χ3n) is 2.91. The monoisotopic (exact) mass is 240 g/mol. The van der Waals surface area contributed by atoms with E-state index in [9.17, 15) is 5.11 Å². The van der Waals surface area contributed by atoms with Crippen LogP contribution in [0.2, 0.25) is 0 Å². The summed E-state index contributed by atoms with van der Waals surface area (Å²) < 4.78 is 7.43. The van der Waals surface area contributed by atoms with Gasteiger partial charge in [0, 0.05) is 25.8 Å². The fourth-order valence-electron chi connectivity index (χ4n) is 2.13. The first-order valence-corrected chi connectivity index (χ1v) is 6.24. The van der Waals surface area contributed by atoms with Crippen molar-refractivity contribution < 1.29 is 9.84 Å². The highest BCUT2D eigenvalue weighted by Gasteiger charge is 2.24. The highest BCUT2D eigenvalue weighted by Crippen LogP contribution is 2.16. The van der Waals surface area contributed by atoms with E-state index in [0.29, 0.717) is 18.9 Å². The molecule has 0 saturated carbocycles. The Balaban J connectivity index is 2.69. The number of ether oxygens (including phenoxy) is 1. The fourth-order valence-corrected chi connectivity index (χ4v) is 2.13. The van der Waals surface area contributed by atoms with Crippen molar-refractivity contribution in [3.8, 4) is 0 Å². The molecular formula is C13H24N2O2. The summed E-state index contributed by atoms with van der Waals surface area (Å²) in [5.74, 6) is 0.305. The molecule has 4 nitrogen and oxygen atoms in total. The van der Waals surface area contributed by atoms with E-state index in [1.54, 1.807) is 0 Å². The van der Waals surface area contributed by atoms with Gasteiger partial charge in [-0.05, 0) is 25.8 Å². The van der Waals surface area contributed by atoms with Crippen LogP contribution in [-0.2, 0) is 18.2 Å². The largest absolute Gasteiger partial charge is 0.390 e. The van der Waals surface area contributed by atoms with E-state index in [0.717, 1.165) is 11.4 Å². The molecule has 0 aliphatic heterocycles. The van der Waals surface area contributed by atoms with E-state index < -0.39 is 6.10 Å². The van der Waals surface area contributed by atoms with Crippen molar-refractivity contribution in [3.05, 3.63) is 17.5 Å². The molecule has 1 aromatic rings. The Morgan fingerprint density at radius 3 is 2.53 bits per heavy atom. The molecule has 17 heavy (non-hydrogen) atoms. The van der Waals surface area contributed by atoms with Gasteiger partial charge in [0.2, 0.25) is 0 Å². The lowest BCUT2D eigenvalue weighted by Gasteiger charge is -2.26. The van der Waals surface area contributed by atoms with Gasteiger partial charge in [-0.3, -0.25) is 4.68 Å². The maximum Gasteiger partial charge on any atom is 0.0860 e. The minimum atomic E-state index is -0.482. The Bertz CT molecular complexity index is 347. The smallest absolute Gasteiger partial charge is 0.0860 e. The summed E-state index contributed by atoms with van der Waals surface area (Å²) >= 11 is 0. The van der Waals surface area contributed by atoms with Crippen LogP contribution in [0.25, 0.3) is 0 Å². The lowest BCUT2D eigenvalue weighted by atomic mass is 9.98. The number of hydrogen-bond acceptors (Lipinski definition) is 3. The predicted molar refractivity (Wildman–Crippen MR) is 67.9 cm³/mol. The molecule has 1 rings (SSSR count). The molecule has 0 radical (unpaired) electrons. The Labute approximate surface area is 104 Å². The molecule has 0 fully saturated rings. The molecule has 0 bridgehead atoms. The molecule has 0 aliphatic rings. The van der Waals surface area contributed by atoms with Crippen LogP contribution in [0.15, 0.2) is 6.07 Å². The Hall–Kier alpha value is -0.870. The highest BCUT2D eigenvalue weighted by atomic mass is 16.5. The summed E-state index contributed by atoms with van der Waals surface area (Å²) in [4.78, 5) is 0. The van der Waals surface area contributed by atoms with Crippen molar-refractivity contribution in [1.29, 1.82) is 0 Å². The van der Waals surface area contributed by atoms with Crippen molar-refractivity contribution in [2.24, 2.45) is 13.0 Å². The van der Waals surface area contributed by atoms with Crippen LogP contribution in [-0.4, -0.2) is 33.7 Å². The molecule has 0 aromatic carbocycles. The summed E-state index contributed by atoms with van der Waals surface area (Å²) in [7, 11) is 1.90. The molecule has 1 heterocycles. The van der Waals surface area contributed by atoms with E-state index in [2.05, 4.69) is 18.9 Å². The molecule has 0 spiro atoms. The van der Waals surface area contributed by atoms with Crippen LogP contribution >= 0.6 is 0 Å². The van der Waals surface area contributed by atoms with Gasteiger partial charge >= 0.3 is 0 Å². The zero-order valence-corrected chi connectivity index (χ0v) is 11.5. The fraction of sp³-hybridized carbons (Fsp3) is 0.769. The summed E-state index contributed by atoms with van der Waals surface area (Å²) in [6, 6.07) is 2.01. The van der Waals surface area contributed by atoms with E-state index in [1.165, 1.54) is 0 Å². The molecule has 4 heteroatoms. The first kappa shape index (κ1) is 14.2. The average Bonchev–Trinajstić information content (AvgIpc) is 2.53.